The summed E-state index contributed by atoms with van der Waals surface area (Å²) in [7, 11) is 0. The van der Waals surface area contributed by atoms with Crippen LogP contribution in [0.3, 0.4) is 0 Å². The Morgan fingerprint density at radius 1 is 1.13 bits per heavy atom. The Morgan fingerprint density at radius 2 is 1.87 bits per heavy atom. The highest BCUT2D eigenvalue weighted by molar-refractivity contribution is 7.09. The van der Waals surface area contributed by atoms with E-state index in [0.717, 1.165) is 23.5 Å². The van der Waals surface area contributed by atoms with Crippen molar-refractivity contribution < 1.29 is 13.9 Å². The van der Waals surface area contributed by atoms with Crippen LogP contribution in [0.15, 0.2) is 76.7 Å². The molecule has 39 heavy (non-hydrogen) atoms. The van der Waals surface area contributed by atoms with Gasteiger partial charge in [-0.3, -0.25) is 15.6 Å². The second-order valence-corrected chi connectivity index (χ2v) is 10.4. The lowest BCUT2D eigenvalue weighted by Crippen LogP contribution is -2.31. The number of aromatic nitrogens is 1. The van der Waals surface area contributed by atoms with E-state index in [9.17, 15) is 4.79 Å². The molecule has 8 nitrogen and oxygen atoms in total. The standard InChI is InChI=1S/C23H25N5O3S.C7H8/c1-13-12-32-22(27-13)18-5-3-7-28(18)23(29)17-10-15(19-6-4-8-30-19)9-16(11-17)21(26)31-20(25)14(2)24;1-7-5-3-2-4-6-7/h4,6,8-12,14,18,25-26H,3,5,7,24H2,1-2H3;2-6H,1H3. The normalized spacial score (nSPS) is 15.3. The number of carbonyl (C=O) groups is 1. The Kier molecular flexibility index (Phi) is 9.06. The summed E-state index contributed by atoms with van der Waals surface area (Å²) in [4.78, 5) is 20.0. The monoisotopic (exact) mass is 543 g/mol. The fraction of sp³-hybridized carbons (Fsp3) is 0.267. The van der Waals surface area contributed by atoms with Gasteiger partial charge in [0.15, 0.2) is 0 Å². The number of ether oxygens (including phenoxy) is 1. The van der Waals surface area contributed by atoms with Crippen LogP contribution in [0.25, 0.3) is 11.3 Å². The average molecular weight is 544 g/mol. The number of amides is 1. The maximum Gasteiger partial charge on any atom is 0.254 e. The first kappa shape index (κ1) is 27.9. The quantitative estimate of drug-likeness (QED) is 0.199. The van der Waals surface area contributed by atoms with Crippen LogP contribution in [0.2, 0.25) is 0 Å². The van der Waals surface area contributed by atoms with Crippen LogP contribution in [0, 0.1) is 24.7 Å². The lowest BCUT2D eigenvalue weighted by molar-refractivity contribution is 0.0735. The van der Waals surface area contributed by atoms with Crippen LogP contribution in [0.5, 0.6) is 0 Å². The molecule has 5 rings (SSSR count). The Hall–Kier alpha value is -4.08. The van der Waals surface area contributed by atoms with Crippen LogP contribution in [0.1, 0.15) is 58.0 Å². The molecule has 0 radical (unpaired) electrons. The molecule has 2 atom stereocenters. The molecule has 3 heterocycles. The first-order valence-electron chi connectivity index (χ1n) is 12.8. The highest BCUT2D eigenvalue weighted by atomic mass is 32.1. The number of nitrogens with zero attached hydrogens (tertiary/aromatic N) is 2. The number of nitrogens with two attached hydrogens (primary N) is 1. The van der Waals surface area contributed by atoms with Gasteiger partial charge in [-0.25, -0.2) is 4.98 Å². The van der Waals surface area contributed by atoms with E-state index >= 15 is 0 Å². The number of rotatable bonds is 5. The summed E-state index contributed by atoms with van der Waals surface area (Å²) in [5, 5.41) is 19.1. The predicted octanol–water partition coefficient (Wildman–Crippen LogP) is 6.35. The molecule has 1 aliphatic heterocycles. The van der Waals surface area contributed by atoms with E-state index in [2.05, 4.69) is 24.0 Å². The molecule has 4 N–H and O–H groups in total. The number of carbonyl (C=O) groups excluding carboxylic acids is 1. The van der Waals surface area contributed by atoms with Crippen molar-refractivity contribution in [3.63, 3.8) is 0 Å². The van der Waals surface area contributed by atoms with Crippen molar-refractivity contribution in [3.05, 3.63) is 99.7 Å². The minimum absolute atomic E-state index is 0.0566. The Morgan fingerprint density at radius 3 is 2.46 bits per heavy atom. The van der Waals surface area contributed by atoms with Crippen molar-refractivity contribution in [2.24, 2.45) is 5.73 Å². The molecule has 1 amide bonds. The lowest BCUT2D eigenvalue weighted by Gasteiger charge is -2.24. The maximum atomic E-state index is 13.6. The minimum atomic E-state index is -0.642. The first-order valence-corrected chi connectivity index (χ1v) is 13.6. The second kappa shape index (κ2) is 12.6. The van der Waals surface area contributed by atoms with Crippen molar-refractivity contribution >= 4 is 29.0 Å². The SMILES string of the molecule is Cc1ccccc1.Cc1csc(C2CCCN2C(=O)c2cc(C(=N)OC(=N)C(C)N)cc(-c3ccco3)c2)n1. The summed E-state index contributed by atoms with van der Waals surface area (Å²) in [6.45, 7) is 6.29. The van der Waals surface area contributed by atoms with Crippen LogP contribution in [-0.2, 0) is 4.74 Å². The third-order valence-electron chi connectivity index (χ3n) is 6.25. The smallest absolute Gasteiger partial charge is 0.254 e. The number of furan rings is 1. The zero-order valence-electron chi connectivity index (χ0n) is 22.3. The van der Waals surface area contributed by atoms with Crippen molar-refractivity contribution in [1.29, 1.82) is 10.8 Å². The summed E-state index contributed by atoms with van der Waals surface area (Å²) >= 11 is 1.57. The zero-order chi connectivity index (χ0) is 27.9. The van der Waals surface area contributed by atoms with Crippen LogP contribution in [-0.4, -0.2) is 40.2 Å². The van der Waals surface area contributed by atoms with Gasteiger partial charge in [0.1, 0.15) is 10.8 Å². The average Bonchev–Trinajstić information content (AvgIpc) is 3.71. The summed E-state index contributed by atoms with van der Waals surface area (Å²) in [6.07, 6.45) is 3.33. The number of thiazole rings is 1. The molecular formula is C30H33N5O3S. The van der Waals surface area contributed by atoms with Gasteiger partial charge in [0.05, 0.1) is 18.3 Å². The number of likely N-dealkylation sites (tertiary alicyclic amines) is 1. The van der Waals surface area contributed by atoms with E-state index in [1.54, 1.807) is 54.9 Å². The molecule has 2 aromatic heterocycles. The largest absolute Gasteiger partial charge is 0.464 e. The molecule has 2 aromatic carbocycles. The van der Waals surface area contributed by atoms with Crippen molar-refractivity contribution in [3.8, 4) is 11.3 Å². The Labute approximate surface area is 232 Å². The molecule has 1 saturated heterocycles. The number of hydrogen-bond acceptors (Lipinski definition) is 8. The Bertz CT molecular complexity index is 1430. The van der Waals surface area contributed by atoms with Crippen molar-refractivity contribution in [2.45, 2.75) is 45.7 Å². The van der Waals surface area contributed by atoms with E-state index in [1.165, 1.54) is 5.56 Å². The topological polar surface area (TPSA) is 129 Å². The fourth-order valence-electron chi connectivity index (χ4n) is 4.22. The van der Waals surface area contributed by atoms with Crippen LogP contribution >= 0.6 is 11.3 Å². The van der Waals surface area contributed by atoms with E-state index in [-0.39, 0.29) is 23.7 Å². The Balaban J connectivity index is 0.000000438. The highest BCUT2D eigenvalue weighted by Crippen LogP contribution is 2.35. The van der Waals surface area contributed by atoms with Gasteiger partial charge >= 0.3 is 0 Å². The van der Waals surface area contributed by atoms with Crippen molar-refractivity contribution in [1.82, 2.24) is 9.88 Å². The number of aryl methyl sites for hydroxylation is 2. The van der Waals surface area contributed by atoms with Crippen molar-refractivity contribution in [2.75, 3.05) is 6.54 Å². The second-order valence-electron chi connectivity index (χ2n) is 9.50. The molecule has 202 valence electrons. The van der Waals surface area contributed by atoms with Gasteiger partial charge in [0.2, 0.25) is 11.8 Å². The van der Waals surface area contributed by atoms with Gasteiger partial charge in [0, 0.05) is 34.3 Å². The van der Waals surface area contributed by atoms with Gasteiger partial charge in [-0.2, -0.15) is 0 Å². The lowest BCUT2D eigenvalue weighted by atomic mass is 10.0. The molecule has 0 saturated carbocycles. The molecule has 1 fully saturated rings. The molecule has 0 aliphatic carbocycles. The molecule has 9 heteroatoms. The van der Waals surface area contributed by atoms with Gasteiger partial charge in [-0.15, -0.1) is 11.3 Å². The van der Waals surface area contributed by atoms with Gasteiger partial charge in [-0.1, -0.05) is 35.9 Å². The zero-order valence-corrected chi connectivity index (χ0v) is 23.1. The predicted molar refractivity (Wildman–Crippen MR) is 154 cm³/mol. The van der Waals surface area contributed by atoms with Gasteiger partial charge in [-0.05, 0) is 63.9 Å². The first-order chi connectivity index (χ1) is 18.7. The van der Waals surface area contributed by atoms with E-state index in [1.807, 2.05) is 35.4 Å². The van der Waals surface area contributed by atoms with E-state index in [4.69, 9.17) is 25.7 Å². The maximum absolute atomic E-state index is 13.6. The third kappa shape index (κ3) is 7.07. The third-order valence-corrected chi connectivity index (χ3v) is 7.31. The summed E-state index contributed by atoms with van der Waals surface area (Å²) in [6, 6.07) is 18.2. The van der Waals surface area contributed by atoms with E-state index in [0.29, 0.717) is 29.0 Å². The number of benzene rings is 2. The molecule has 0 spiro atoms. The molecule has 4 aromatic rings. The summed E-state index contributed by atoms with van der Waals surface area (Å²) in [5.41, 5.74) is 9.39. The molecule has 2 unspecified atom stereocenters. The van der Waals surface area contributed by atoms with Crippen LogP contribution < -0.4 is 5.73 Å². The molecule has 0 bridgehead atoms. The summed E-state index contributed by atoms with van der Waals surface area (Å²) < 4.78 is 10.8. The number of nitrogens with one attached hydrogen (secondary N) is 2. The highest BCUT2D eigenvalue weighted by Gasteiger charge is 2.33. The molecular weight excluding hydrogens is 510 g/mol. The fourth-order valence-corrected chi connectivity index (χ4v) is 5.16. The van der Waals surface area contributed by atoms with Gasteiger partial charge in [0.25, 0.3) is 5.91 Å². The minimum Gasteiger partial charge on any atom is -0.464 e. The number of hydrogen-bond donors (Lipinski definition) is 3. The van der Waals surface area contributed by atoms with Crippen LogP contribution in [0.4, 0.5) is 0 Å². The molecule has 1 aliphatic rings. The van der Waals surface area contributed by atoms with Gasteiger partial charge < -0.3 is 19.8 Å². The summed E-state index contributed by atoms with van der Waals surface area (Å²) in [5.74, 6) is -0.0251. The van der Waals surface area contributed by atoms with E-state index < -0.39 is 6.04 Å².